The molecule has 0 aromatic carbocycles. The first-order chi connectivity index (χ1) is 8.72. The zero-order valence-corrected chi connectivity index (χ0v) is 11.1. The first-order valence-electron chi connectivity index (χ1n) is 6.71. The van der Waals surface area contributed by atoms with Gasteiger partial charge in [-0.3, -0.25) is 5.10 Å². The lowest BCUT2D eigenvalue weighted by atomic mass is 9.95. The number of rotatable bonds is 4. The summed E-state index contributed by atoms with van der Waals surface area (Å²) in [5.74, 6) is 0.333. The summed E-state index contributed by atoms with van der Waals surface area (Å²) in [4.78, 5) is 11.9. The van der Waals surface area contributed by atoms with E-state index in [4.69, 9.17) is 4.74 Å². The monoisotopic (exact) mass is 251 g/mol. The molecule has 1 aliphatic carbocycles. The predicted molar refractivity (Wildman–Crippen MR) is 69.8 cm³/mol. The molecule has 5 nitrogen and oxygen atoms in total. The SMILES string of the molecule is CCOC(=O)c1c(NC2CCCCC2)n[nH]c1C. The van der Waals surface area contributed by atoms with Crippen LogP contribution in [0.5, 0.6) is 0 Å². The number of nitrogens with zero attached hydrogens (tertiary/aromatic N) is 1. The van der Waals surface area contributed by atoms with Crippen molar-refractivity contribution < 1.29 is 9.53 Å². The molecule has 0 amide bonds. The van der Waals surface area contributed by atoms with E-state index >= 15 is 0 Å². The second-order valence-corrected chi connectivity index (χ2v) is 4.77. The van der Waals surface area contributed by atoms with Crippen molar-refractivity contribution in [2.24, 2.45) is 0 Å². The number of anilines is 1. The zero-order chi connectivity index (χ0) is 13.0. The fourth-order valence-corrected chi connectivity index (χ4v) is 2.43. The van der Waals surface area contributed by atoms with Gasteiger partial charge in [0.25, 0.3) is 0 Å². The quantitative estimate of drug-likeness (QED) is 0.807. The van der Waals surface area contributed by atoms with Gasteiger partial charge in [-0.25, -0.2) is 4.79 Å². The number of hydrogen-bond acceptors (Lipinski definition) is 4. The number of aromatic amines is 1. The highest BCUT2D eigenvalue weighted by Crippen LogP contribution is 2.24. The predicted octanol–water partition coefficient (Wildman–Crippen LogP) is 2.64. The third-order valence-electron chi connectivity index (χ3n) is 3.37. The molecule has 2 rings (SSSR count). The lowest BCUT2D eigenvalue weighted by Crippen LogP contribution is -2.23. The first-order valence-corrected chi connectivity index (χ1v) is 6.71. The Hall–Kier alpha value is -1.52. The first kappa shape index (κ1) is 12.9. The maximum absolute atomic E-state index is 11.9. The van der Waals surface area contributed by atoms with Gasteiger partial charge in [-0.1, -0.05) is 19.3 Å². The summed E-state index contributed by atoms with van der Waals surface area (Å²) < 4.78 is 5.06. The maximum atomic E-state index is 11.9. The molecule has 1 saturated carbocycles. The largest absolute Gasteiger partial charge is 0.462 e. The van der Waals surface area contributed by atoms with Crippen molar-refractivity contribution >= 4 is 11.8 Å². The number of aromatic nitrogens is 2. The molecule has 0 aliphatic heterocycles. The summed E-state index contributed by atoms with van der Waals surface area (Å²) in [7, 11) is 0. The standard InChI is InChI=1S/C13H21N3O2/c1-3-18-13(17)11-9(2)15-16-12(11)14-10-7-5-4-6-8-10/h10H,3-8H2,1-2H3,(H2,14,15,16). The van der Waals surface area contributed by atoms with Crippen LogP contribution in [-0.4, -0.2) is 28.8 Å². The Morgan fingerprint density at radius 2 is 2.17 bits per heavy atom. The lowest BCUT2D eigenvalue weighted by molar-refractivity contribution is 0.0526. The normalized spacial score (nSPS) is 16.6. The highest BCUT2D eigenvalue weighted by atomic mass is 16.5. The van der Waals surface area contributed by atoms with Crippen molar-refractivity contribution in [2.45, 2.75) is 52.0 Å². The van der Waals surface area contributed by atoms with Crippen LogP contribution in [0.25, 0.3) is 0 Å². The fourth-order valence-electron chi connectivity index (χ4n) is 2.43. The molecular weight excluding hydrogens is 230 g/mol. The van der Waals surface area contributed by atoms with Crippen molar-refractivity contribution in [2.75, 3.05) is 11.9 Å². The van der Waals surface area contributed by atoms with E-state index in [1.165, 1.54) is 19.3 Å². The highest BCUT2D eigenvalue weighted by Gasteiger charge is 2.22. The van der Waals surface area contributed by atoms with Crippen molar-refractivity contribution in [1.29, 1.82) is 0 Å². The molecule has 1 aromatic rings. The van der Waals surface area contributed by atoms with Crippen molar-refractivity contribution in [3.63, 3.8) is 0 Å². The average Bonchev–Trinajstić information content (AvgIpc) is 2.72. The van der Waals surface area contributed by atoms with Crippen molar-refractivity contribution in [3.8, 4) is 0 Å². The van der Waals surface area contributed by atoms with Gasteiger partial charge in [-0.2, -0.15) is 5.10 Å². The summed E-state index contributed by atoms with van der Waals surface area (Å²) in [5, 5.41) is 10.4. The molecule has 0 spiro atoms. The highest BCUT2D eigenvalue weighted by molar-refractivity contribution is 5.95. The molecule has 0 radical (unpaired) electrons. The van der Waals surface area contributed by atoms with Gasteiger partial charge in [0.05, 0.1) is 6.61 Å². The topological polar surface area (TPSA) is 67.0 Å². The minimum Gasteiger partial charge on any atom is -0.462 e. The molecule has 1 aromatic heterocycles. The molecule has 0 bridgehead atoms. The summed E-state index contributed by atoms with van der Waals surface area (Å²) >= 11 is 0. The Kier molecular flexibility index (Phi) is 4.23. The lowest BCUT2D eigenvalue weighted by Gasteiger charge is -2.22. The molecule has 0 atom stereocenters. The van der Waals surface area contributed by atoms with Gasteiger partial charge in [0, 0.05) is 11.7 Å². The van der Waals surface area contributed by atoms with Crippen LogP contribution < -0.4 is 5.32 Å². The van der Waals surface area contributed by atoms with Gasteiger partial charge in [-0.15, -0.1) is 0 Å². The molecule has 1 heterocycles. The molecule has 0 unspecified atom stereocenters. The minimum absolute atomic E-state index is 0.304. The molecule has 5 heteroatoms. The van der Waals surface area contributed by atoms with Crippen LogP contribution in [-0.2, 0) is 4.74 Å². The number of carbonyl (C=O) groups is 1. The maximum Gasteiger partial charge on any atom is 0.343 e. The third-order valence-corrected chi connectivity index (χ3v) is 3.37. The molecule has 1 aliphatic rings. The Morgan fingerprint density at radius 3 is 2.83 bits per heavy atom. The van der Waals surface area contributed by atoms with E-state index in [-0.39, 0.29) is 5.97 Å². The second kappa shape index (κ2) is 5.89. The van der Waals surface area contributed by atoms with Crippen LogP contribution in [0.2, 0.25) is 0 Å². The van der Waals surface area contributed by atoms with Crippen LogP contribution in [0.3, 0.4) is 0 Å². The van der Waals surface area contributed by atoms with Gasteiger partial charge < -0.3 is 10.1 Å². The van der Waals surface area contributed by atoms with Gasteiger partial charge in [-0.05, 0) is 26.7 Å². The summed E-state index contributed by atoms with van der Waals surface area (Å²) in [5.41, 5.74) is 1.30. The summed E-state index contributed by atoms with van der Waals surface area (Å²) in [6.45, 7) is 4.03. The van der Waals surface area contributed by atoms with E-state index in [2.05, 4.69) is 15.5 Å². The van der Waals surface area contributed by atoms with E-state index in [1.54, 1.807) is 0 Å². The van der Waals surface area contributed by atoms with Crippen LogP contribution in [0.1, 0.15) is 55.1 Å². The minimum atomic E-state index is -0.304. The van der Waals surface area contributed by atoms with E-state index in [0.29, 0.717) is 24.0 Å². The van der Waals surface area contributed by atoms with Crippen LogP contribution >= 0.6 is 0 Å². The smallest absolute Gasteiger partial charge is 0.343 e. The third kappa shape index (κ3) is 2.83. The van der Waals surface area contributed by atoms with Crippen molar-refractivity contribution in [1.82, 2.24) is 10.2 Å². The summed E-state index contributed by atoms with van der Waals surface area (Å²) in [6, 6.07) is 0.426. The van der Waals surface area contributed by atoms with E-state index < -0.39 is 0 Å². The number of H-pyrrole nitrogens is 1. The number of nitrogens with one attached hydrogen (secondary N) is 2. The second-order valence-electron chi connectivity index (χ2n) is 4.77. The van der Waals surface area contributed by atoms with E-state index in [9.17, 15) is 4.79 Å². The van der Waals surface area contributed by atoms with Crippen LogP contribution in [0.15, 0.2) is 0 Å². The Balaban J connectivity index is 2.09. The Labute approximate surface area is 107 Å². The number of hydrogen-bond donors (Lipinski definition) is 2. The van der Waals surface area contributed by atoms with Gasteiger partial charge >= 0.3 is 5.97 Å². The van der Waals surface area contributed by atoms with Gasteiger partial charge in [0.15, 0.2) is 5.82 Å². The molecule has 18 heavy (non-hydrogen) atoms. The Morgan fingerprint density at radius 1 is 1.44 bits per heavy atom. The Bertz CT molecular complexity index is 408. The molecule has 0 saturated heterocycles. The zero-order valence-electron chi connectivity index (χ0n) is 11.1. The number of carbonyl (C=O) groups excluding carboxylic acids is 1. The molecule has 1 fully saturated rings. The van der Waals surface area contributed by atoms with E-state index in [0.717, 1.165) is 18.5 Å². The van der Waals surface area contributed by atoms with Gasteiger partial charge in [0.2, 0.25) is 0 Å². The van der Waals surface area contributed by atoms with Crippen molar-refractivity contribution in [3.05, 3.63) is 11.3 Å². The molecule has 100 valence electrons. The van der Waals surface area contributed by atoms with Crippen LogP contribution in [0, 0.1) is 6.92 Å². The average molecular weight is 251 g/mol. The summed E-state index contributed by atoms with van der Waals surface area (Å²) in [6.07, 6.45) is 6.09. The van der Waals surface area contributed by atoms with Gasteiger partial charge in [0.1, 0.15) is 5.56 Å². The molecular formula is C13H21N3O2. The fraction of sp³-hybridized carbons (Fsp3) is 0.692. The van der Waals surface area contributed by atoms with Crippen LogP contribution in [0.4, 0.5) is 5.82 Å². The number of esters is 1. The van der Waals surface area contributed by atoms with E-state index in [1.807, 2.05) is 13.8 Å². The molecule has 2 N–H and O–H groups in total. The number of aryl methyl sites for hydroxylation is 1. The number of ether oxygens (including phenoxy) is 1.